The Hall–Kier alpha value is -0.640. The second-order valence-corrected chi connectivity index (χ2v) is 3.98. The Balaban J connectivity index is 2.83. The third-order valence-electron chi connectivity index (χ3n) is 2.32. The SMILES string of the molecule is CCc1cc(N(C)C(C)CBr)ncn1. The zero-order valence-electron chi connectivity index (χ0n) is 8.87. The van der Waals surface area contributed by atoms with E-state index in [1.54, 1.807) is 6.33 Å². The van der Waals surface area contributed by atoms with E-state index in [4.69, 9.17) is 0 Å². The molecule has 1 rings (SSSR count). The van der Waals surface area contributed by atoms with Crippen molar-refractivity contribution in [1.82, 2.24) is 9.97 Å². The summed E-state index contributed by atoms with van der Waals surface area (Å²) in [5.41, 5.74) is 1.09. The summed E-state index contributed by atoms with van der Waals surface area (Å²) in [6.45, 7) is 4.25. The lowest BCUT2D eigenvalue weighted by atomic mass is 10.3. The number of hydrogen-bond donors (Lipinski definition) is 0. The van der Waals surface area contributed by atoms with Gasteiger partial charge in [0.05, 0.1) is 0 Å². The molecule has 14 heavy (non-hydrogen) atoms. The van der Waals surface area contributed by atoms with Crippen LogP contribution in [0.2, 0.25) is 0 Å². The van der Waals surface area contributed by atoms with Crippen LogP contribution in [0.1, 0.15) is 19.5 Å². The van der Waals surface area contributed by atoms with Crippen LogP contribution in [-0.4, -0.2) is 28.4 Å². The Labute approximate surface area is 93.7 Å². The van der Waals surface area contributed by atoms with E-state index >= 15 is 0 Å². The number of halogens is 1. The number of rotatable bonds is 4. The molecule has 0 bridgehead atoms. The van der Waals surface area contributed by atoms with Crippen LogP contribution in [0.5, 0.6) is 0 Å². The van der Waals surface area contributed by atoms with Gasteiger partial charge in [-0.25, -0.2) is 9.97 Å². The number of hydrogen-bond acceptors (Lipinski definition) is 3. The molecule has 4 heteroatoms. The smallest absolute Gasteiger partial charge is 0.132 e. The highest BCUT2D eigenvalue weighted by atomic mass is 79.9. The van der Waals surface area contributed by atoms with Crippen LogP contribution >= 0.6 is 15.9 Å². The van der Waals surface area contributed by atoms with Crippen LogP contribution in [-0.2, 0) is 6.42 Å². The summed E-state index contributed by atoms with van der Waals surface area (Å²) < 4.78 is 0. The van der Waals surface area contributed by atoms with E-state index in [1.165, 1.54) is 0 Å². The summed E-state index contributed by atoms with van der Waals surface area (Å²) in [6, 6.07) is 2.48. The topological polar surface area (TPSA) is 29.0 Å². The van der Waals surface area contributed by atoms with E-state index in [9.17, 15) is 0 Å². The Bertz CT molecular complexity index is 290. The molecule has 1 aromatic heterocycles. The molecule has 0 radical (unpaired) electrons. The largest absolute Gasteiger partial charge is 0.356 e. The molecule has 0 aliphatic heterocycles. The highest BCUT2D eigenvalue weighted by Crippen LogP contribution is 2.13. The molecule has 0 amide bonds. The van der Waals surface area contributed by atoms with Gasteiger partial charge in [-0.3, -0.25) is 0 Å². The maximum absolute atomic E-state index is 4.25. The first kappa shape index (κ1) is 11.4. The predicted octanol–water partition coefficient (Wildman–Crippen LogP) is 2.26. The van der Waals surface area contributed by atoms with Crippen molar-refractivity contribution in [2.24, 2.45) is 0 Å². The zero-order valence-corrected chi connectivity index (χ0v) is 10.5. The van der Waals surface area contributed by atoms with Gasteiger partial charge in [0.2, 0.25) is 0 Å². The van der Waals surface area contributed by atoms with Crippen molar-refractivity contribution in [3.8, 4) is 0 Å². The molecule has 1 aromatic rings. The molecule has 0 saturated heterocycles. The first-order valence-electron chi connectivity index (χ1n) is 4.78. The van der Waals surface area contributed by atoms with Gasteiger partial charge in [-0.2, -0.15) is 0 Å². The van der Waals surface area contributed by atoms with Gasteiger partial charge in [0.25, 0.3) is 0 Å². The Kier molecular flexibility index (Phi) is 4.32. The second kappa shape index (κ2) is 5.29. The minimum absolute atomic E-state index is 0.439. The van der Waals surface area contributed by atoms with Crippen molar-refractivity contribution in [2.45, 2.75) is 26.3 Å². The summed E-state index contributed by atoms with van der Waals surface area (Å²) in [4.78, 5) is 10.6. The Morgan fingerprint density at radius 1 is 1.50 bits per heavy atom. The van der Waals surface area contributed by atoms with Crippen molar-refractivity contribution < 1.29 is 0 Å². The fourth-order valence-corrected chi connectivity index (χ4v) is 1.54. The Morgan fingerprint density at radius 2 is 2.21 bits per heavy atom. The Morgan fingerprint density at radius 3 is 2.79 bits per heavy atom. The summed E-state index contributed by atoms with van der Waals surface area (Å²) in [5.74, 6) is 0.990. The number of alkyl halides is 1. The standard InChI is InChI=1S/C10H16BrN3/c1-4-9-5-10(13-7-12-9)14(3)8(2)6-11/h5,7-8H,4,6H2,1-3H3. The lowest BCUT2D eigenvalue weighted by Crippen LogP contribution is -2.30. The maximum atomic E-state index is 4.25. The molecule has 0 fully saturated rings. The molecule has 0 saturated carbocycles. The van der Waals surface area contributed by atoms with E-state index in [-0.39, 0.29) is 0 Å². The summed E-state index contributed by atoms with van der Waals surface area (Å²) >= 11 is 3.46. The first-order chi connectivity index (χ1) is 6.69. The number of aromatic nitrogens is 2. The second-order valence-electron chi connectivity index (χ2n) is 3.34. The van der Waals surface area contributed by atoms with Crippen LogP contribution < -0.4 is 4.90 Å². The third kappa shape index (κ3) is 2.67. The molecule has 0 N–H and O–H groups in total. The molecule has 1 unspecified atom stereocenters. The molecule has 0 aliphatic carbocycles. The monoisotopic (exact) mass is 257 g/mol. The maximum Gasteiger partial charge on any atom is 0.132 e. The molecular formula is C10H16BrN3. The van der Waals surface area contributed by atoms with Gasteiger partial charge in [-0.05, 0) is 13.3 Å². The van der Waals surface area contributed by atoms with Crippen molar-refractivity contribution in [2.75, 3.05) is 17.3 Å². The molecule has 0 aliphatic rings. The predicted molar refractivity (Wildman–Crippen MR) is 63.1 cm³/mol. The van der Waals surface area contributed by atoms with Crippen molar-refractivity contribution in [3.05, 3.63) is 18.1 Å². The quantitative estimate of drug-likeness (QED) is 0.776. The minimum atomic E-state index is 0.439. The fraction of sp³-hybridized carbons (Fsp3) is 0.600. The van der Waals surface area contributed by atoms with Gasteiger partial charge in [0, 0.05) is 30.2 Å². The number of aryl methyl sites for hydroxylation is 1. The number of anilines is 1. The van der Waals surface area contributed by atoms with Crippen molar-refractivity contribution in [1.29, 1.82) is 0 Å². The minimum Gasteiger partial charge on any atom is -0.356 e. The fourth-order valence-electron chi connectivity index (χ4n) is 1.10. The van der Waals surface area contributed by atoms with Gasteiger partial charge >= 0.3 is 0 Å². The van der Waals surface area contributed by atoms with Crippen LogP contribution in [0.4, 0.5) is 5.82 Å². The molecule has 1 heterocycles. The highest BCUT2D eigenvalue weighted by molar-refractivity contribution is 9.09. The molecule has 3 nitrogen and oxygen atoms in total. The van der Waals surface area contributed by atoms with Crippen LogP contribution in [0.15, 0.2) is 12.4 Å². The van der Waals surface area contributed by atoms with E-state index in [0.717, 1.165) is 23.3 Å². The van der Waals surface area contributed by atoms with Crippen LogP contribution in [0, 0.1) is 0 Å². The highest BCUT2D eigenvalue weighted by Gasteiger charge is 2.09. The molecule has 78 valence electrons. The van der Waals surface area contributed by atoms with Gasteiger partial charge in [-0.15, -0.1) is 0 Å². The summed E-state index contributed by atoms with van der Waals surface area (Å²) in [5, 5.41) is 0.939. The average molecular weight is 258 g/mol. The number of nitrogens with zero attached hydrogens (tertiary/aromatic N) is 3. The van der Waals surface area contributed by atoms with Crippen molar-refractivity contribution >= 4 is 21.7 Å². The van der Waals surface area contributed by atoms with Crippen molar-refractivity contribution in [3.63, 3.8) is 0 Å². The average Bonchev–Trinajstić information content (AvgIpc) is 2.27. The van der Waals surface area contributed by atoms with Gasteiger partial charge in [0.1, 0.15) is 12.1 Å². The van der Waals surface area contributed by atoms with Crippen LogP contribution in [0.3, 0.4) is 0 Å². The van der Waals surface area contributed by atoms with E-state index in [1.807, 2.05) is 13.1 Å². The normalized spacial score (nSPS) is 12.6. The van der Waals surface area contributed by atoms with E-state index in [2.05, 4.69) is 44.6 Å². The van der Waals surface area contributed by atoms with Gasteiger partial charge in [0.15, 0.2) is 0 Å². The first-order valence-corrected chi connectivity index (χ1v) is 5.90. The van der Waals surface area contributed by atoms with Gasteiger partial charge < -0.3 is 4.90 Å². The summed E-state index contributed by atoms with van der Waals surface area (Å²) in [6.07, 6.45) is 2.58. The molecular weight excluding hydrogens is 242 g/mol. The lowest BCUT2D eigenvalue weighted by molar-refractivity contribution is 0.752. The molecule has 0 spiro atoms. The lowest BCUT2D eigenvalue weighted by Gasteiger charge is -2.24. The third-order valence-corrected chi connectivity index (χ3v) is 3.25. The molecule has 1 atom stereocenters. The van der Waals surface area contributed by atoms with Gasteiger partial charge in [-0.1, -0.05) is 22.9 Å². The van der Waals surface area contributed by atoms with Crippen LogP contribution in [0.25, 0.3) is 0 Å². The summed E-state index contributed by atoms with van der Waals surface area (Å²) in [7, 11) is 2.05. The van der Waals surface area contributed by atoms with E-state index < -0.39 is 0 Å². The molecule has 0 aromatic carbocycles. The zero-order chi connectivity index (χ0) is 10.6. The van der Waals surface area contributed by atoms with E-state index in [0.29, 0.717) is 6.04 Å².